The second-order valence-corrected chi connectivity index (χ2v) is 5.47. The molecule has 0 amide bonds. The molecule has 0 spiro atoms. The van der Waals surface area contributed by atoms with Crippen LogP contribution < -0.4 is 4.74 Å². The van der Waals surface area contributed by atoms with E-state index < -0.39 is 6.10 Å². The normalized spacial score (nSPS) is 12.0. The lowest BCUT2D eigenvalue weighted by Crippen LogP contribution is -2.23. The number of carbonyl (C=O) groups is 1. The molecule has 0 N–H and O–H groups in total. The summed E-state index contributed by atoms with van der Waals surface area (Å²) in [7, 11) is 0. The first-order chi connectivity index (χ1) is 9.45. The summed E-state index contributed by atoms with van der Waals surface area (Å²) in [5.41, 5.74) is 1.73. The predicted octanol–water partition coefficient (Wildman–Crippen LogP) is 4.95. The second-order valence-electron chi connectivity index (χ2n) is 4.60. The van der Waals surface area contributed by atoms with Crippen molar-refractivity contribution in [3.05, 3.63) is 63.6 Å². The number of hydrogen-bond acceptors (Lipinski definition) is 2. The van der Waals surface area contributed by atoms with E-state index in [9.17, 15) is 4.79 Å². The number of rotatable bonds is 4. The van der Waals surface area contributed by atoms with Crippen LogP contribution in [0.25, 0.3) is 0 Å². The fourth-order valence-corrected chi connectivity index (χ4v) is 2.31. The van der Waals surface area contributed by atoms with Crippen molar-refractivity contribution in [1.82, 2.24) is 0 Å². The quantitative estimate of drug-likeness (QED) is 0.747. The predicted molar refractivity (Wildman–Crippen MR) is 82.1 cm³/mol. The van der Waals surface area contributed by atoms with E-state index >= 15 is 0 Å². The Hall–Kier alpha value is -1.51. The lowest BCUT2D eigenvalue weighted by molar-refractivity contribution is 0.0818. The Morgan fingerprint density at radius 1 is 1.05 bits per heavy atom. The largest absolute Gasteiger partial charge is 0.482 e. The average Bonchev–Trinajstić information content (AvgIpc) is 2.37. The lowest BCUT2D eigenvalue weighted by atomic mass is 10.1. The highest BCUT2D eigenvalue weighted by Crippen LogP contribution is 2.25. The number of benzene rings is 2. The molecule has 0 saturated heterocycles. The number of hydrogen-bond donors (Lipinski definition) is 0. The van der Waals surface area contributed by atoms with Crippen LogP contribution >= 0.6 is 23.2 Å². The third kappa shape index (κ3) is 3.75. The van der Waals surface area contributed by atoms with Crippen LogP contribution in [0.3, 0.4) is 0 Å². The van der Waals surface area contributed by atoms with Gasteiger partial charge in [0.2, 0.25) is 5.78 Å². The monoisotopic (exact) mass is 308 g/mol. The summed E-state index contributed by atoms with van der Waals surface area (Å²) in [5, 5.41) is 0.949. The van der Waals surface area contributed by atoms with Gasteiger partial charge in [-0.25, -0.2) is 0 Å². The zero-order valence-corrected chi connectivity index (χ0v) is 12.7. The molecule has 0 aliphatic carbocycles. The third-order valence-corrected chi connectivity index (χ3v) is 3.29. The zero-order valence-electron chi connectivity index (χ0n) is 11.2. The van der Waals surface area contributed by atoms with Gasteiger partial charge in [0.05, 0.1) is 0 Å². The van der Waals surface area contributed by atoms with Crippen LogP contribution in [0.2, 0.25) is 10.0 Å². The Balaban J connectivity index is 2.13. The first-order valence-corrected chi connectivity index (χ1v) is 6.95. The van der Waals surface area contributed by atoms with E-state index in [-0.39, 0.29) is 5.78 Å². The number of aryl methyl sites for hydroxylation is 1. The molecule has 4 heteroatoms. The van der Waals surface area contributed by atoms with Crippen LogP contribution in [0, 0.1) is 6.92 Å². The summed E-state index contributed by atoms with van der Waals surface area (Å²) in [6.45, 7) is 3.68. The third-order valence-electron chi connectivity index (χ3n) is 2.85. The Labute approximate surface area is 128 Å². The van der Waals surface area contributed by atoms with Gasteiger partial charge in [-0.05, 0) is 32.0 Å². The van der Waals surface area contributed by atoms with Gasteiger partial charge >= 0.3 is 0 Å². The van der Waals surface area contributed by atoms with E-state index in [0.29, 0.717) is 21.4 Å². The van der Waals surface area contributed by atoms with Crippen LogP contribution in [0.4, 0.5) is 0 Å². The Bertz CT molecular complexity index is 601. The molecule has 2 nitrogen and oxygen atoms in total. The van der Waals surface area contributed by atoms with Crippen molar-refractivity contribution in [2.45, 2.75) is 20.0 Å². The van der Waals surface area contributed by atoms with Crippen molar-refractivity contribution in [2.75, 3.05) is 0 Å². The Kier molecular flexibility index (Phi) is 4.69. The van der Waals surface area contributed by atoms with Crippen molar-refractivity contribution >= 4 is 29.0 Å². The summed E-state index contributed by atoms with van der Waals surface area (Å²) < 4.78 is 5.60. The standard InChI is InChI=1S/C16H14Cl2O2/c1-10-3-5-12(6-4-10)16(19)11(2)20-15-8-13(17)7-14(18)9-15/h3-9,11H,1-2H3. The van der Waals surface area contributed by atoms with Gasteiger partial charge in [0.1, 0.15) is 5.75 Å². The Morgan fingerprint density at radius 2 is 1.60 bits per heavy atom. The minimum Gasteiger partial charge on any atom is -0.482 e. The van der Waals surface area contributed by atoms with Gasteiger partial charge in [0.15, 0.2) is 6.10 Å². The van der Waals surface area contributed by atoms with Gasteiger partial charge in [-0.3, -0.25) is 4.79 Å². The molecule has 0 fully saturated rings. The maximum absolute atomic E-state index is 12.2. The first-order valence-electron chi connectivity index (χ1n) is 6.19. The highest BCUT2D eigenvalue weighted by Gasteiger charge is 2.17. The van der Waals surface area contributed by atoms with Crippen molar-refractivity contribution in [1.29, 1.82) is 0 Å². The molecule has 1 unspecified atom stereocenters. The molecule has 0 bridgehead atoms. The summed E-state index contributed by atoms with van der Waals surface area (Å²) in [6, 6.07) is 12.3. The zero-order chi connectivity index (χ0) is 14.7. The molecular formula is C16H14Cl2O2. The molecule has 0 aliphatic rings. The van der Waals surface area contributed by atoms with Crippen LogP contribution in [0.15, 0.2) is 42.5 Å². The van der Waals surface area contributed by atoms with Gasteiger partial charge in [-0.2, -0.15) is 0 Å². The maximum Gasteiger partial charge on any atom is 0.202 e. The fourth-order valence-electron chi connectivity index (χ4n) is 1.81. The molecule has 0 radical (unpaired) electrons. The van der Waals surface area contributed by atoms with Crippen LogP contribution in [-0.2, 0) is 0 Å². The SMILES string of the molecule is Cc1ccc(C(=O)C(C)Oc2cc(Cl)cc(Cl)c2)cc1. The van der Waals surface area contributed by atoms with Gasteiger partial charge in [-0.1, -0.05) is 53.0 Å². The van der Waals surface area contributed by atoms with E-state index in [1.54, 1.807) is 37.3 Å². The van der Waals surface area contributed by atoms with Gasteiger partial charge < -0.3 is 4.74 Å². The minimum absolute atomic E-state index is 0.0823. The Morgan fingerprint density at radius 3 is 2.15 bits per heavy atom. The molecule has 0 heterocycles. The molecule has 0 aromatic heterocycles. The van der Waals surface area contributed by atoms with E-state index in [2.05, 4.69) is 0 Å². The highest BCUT2D eigenvalue weighted by molar-refractivity contribution is 6.34. The van der Waals surface area contributed by atoms with Crippen LogP contribution in [0.1, 0.15) is 22.8 Å². The van der Waals surface area contributed by atoms with Gasteiger partial charge in [0, 0.05) is 15.6 Å². The van der Waals surface area contributed by atoms with Crippen molar-refractivity contribution in [2.24, 2.45) is 0 Å². The number of halogens is 2. The van der Waals surface area contributed by atoms with Crippen molar-refractivity contribution in [3.63, 3.8) is 0 Å². The lowest BCUT2D eigenvalue weighted by Gasteiger charge is -2.14. The van der Waals surface area contributed by atoms with Crippen LogP contribution in [-0.4, -0.2) is 11.9 Å². The molecule has 2 aromatic rings. The van der Waals surface area contributed by atoms with Gasteiger partial charge in [-0.15, -0.1) is 0 Å². The number of carbonyl (C=O) groups excluding carboxylic acids is 1. The highest BCUT2D eigenvalue weighted by atomic mass is 35.5. The summed E-state index contributed by atoms with van der Waals surface area (Å²) in [6.07, 6.45) is -0.604. The summed E-state index contributed by atoms with van der Waals surface area (Å²) in [5.74, 6) is 0.400. The van der Waals surface area contributed by atoms with Crippen molar-refractivity contribution in [3.8, 4) is 5.75 Å². The smallest absolute Gasteiger partial charge is 0.202 e. The maximum atomic E-state index is 12.2. The molecule has 2 rings (SSSR count). The van der Waals surface area contributed by atoms with Crippen molar-refractivity contribution < 1.29 is 9.53 Å². The molecule has 104 valence electrons. The van der Waals surface area contributed by atoms with E-state index in [0.717, 1.165) is 5.56 Å². The van der Waals surface area contributed by atoms with E-state index in [4.69, 9.17) is 27.9 Å². The molecule has 0 aliphatic heterocycles. The molecule has 20 heavy (non-hydrogen) atoms. The summed E-state index contributed by atoms with van der Waals surface area (Å²) in [4.78, 5) is 12.2. The van der Waals surface area contributed by atoms with Gasteiger partial charge in [0.25, 0.3) is 0 Å². The number of ether oxygens (including phenoxy) is 1. The van der Waals surface area contributed by atoms with E-state index in [1.807, 2.05) is 19.1 Å². The number of ketones is 1. The topological polar surface area (TPSA) is 26.3 Å². The molecule has 1 atom stereocenters. The first kappa shape index (κ1) is 14.9. The molecular weight excluding hydrogens is 295 g/mol. The minimum atomic E-state index is -0.604. The molecule has 0 saturated carbocycles. The van der Waals surface area contributed by atoms with Crippen LogP contribution in [0.5, 0.6) is 5.75 Å². The summed E-state index contributed by atoms with van der Waals surface area (Å²) >= 11 is 11.8. The number of Topliss-reactive ketones (excluding diaryl/α,β-unsaturated/α-hetero) is 1. The fraction of sp³-hybridized carbons (Fsp3) is 0.188. The second kappa shape index (κ2) is 6.29. The van der Waals surface area contributed by atoms with E-state index in [1.165, 1.54) is 0 Å². The average molecular weight is 309 g/mol. The molecule has 2 aromatic carbocycles.